The van der Waals surface area contributed by atoms with Crippen LogP contribution in [0.25, 0.3) is 0 Å². The van der Waals surface area contributed by atoms with Gasteiger partial charge in [-0.1, -0.05) is 26.0 Å². The van der Waals surface area contributed by atoms with Crippen LogP contribution in [0.4, 0.5) is 5.69 Å². The molecule has 26 heavy (non-hydrogen) atoms. The van der Waals surface area contributed by atoms with Gasteiger partial charge in [0.15, 0.2) is 6.61 Å². The average molecular weight is 354 g/mol. The Hall–Kier alpha value is -2.82. The first kappa shape index (κ1) is 19.5. The first-order valence-electron chi connectivity index (χ1n) is 8.78. The minimum absolute atomic E-state index is 0.0728. The van der Waals surface area contributed by atoms with E-state index in [0.717, 1.165) is 0 Å². The van der Waals surface area contributed by atoms with Crippen LogP contribution in [0.3, 0.4) is 0 Å². The van der Waals surface area contributed by atoms with E-state index in [2.05, 4.69) is 24.5 Å². The summed E-state index contributed by atoms with van der Waals surface area (Å²) >= 11 is 0. The van der Waals surface area contributed by atoms with E-state index >= 15 is 0 Å². The van der Waals surface area contributed by atoms with Gasteiger partial charge in [-0.3, -0.25) is 9.59 Å². The summed E-state index contributed by atoms with van der Waals surface area (Å²) in [5, 5.41) is 5.58. The predicted octanol–water partition coefficient (Wildman–Crippen LogP) is 3.97. The molecular weight excluding hydrogens is 328 g/mol. The van der Waals surface area contributed by atoms with Crippen molar-refractivity contribution in [2.24, 2.45) is 0 Å². The maximum absolute atomic E-state index is 12.0. The van der Waals surface area contributed by atoms with Crippen molar-refractivity contribution in [3.8, 4) is 5.75 Å². The summed E-state index contributed by atoms with van der Waals surface area (Å²) in [6.07, 6.45) is 0. The lowest BCUT2D eigenvalue weighted by Crippen LogP contribution is -2.30. The van der Waals surface area contributed by atoms with E-state index in [9.17, 15) is 9.59 Å². The highest BCUT2D eigenvalue weighted by Gasteiger charge is 2.08. The number of rotatable bonds is 7. The Labute approximate surface area is 154 Å². The summed E-state index contributed by atoms with van der Waals surface area (Å²) in [7, 11) is 0. The molecule has 5 heteroatoms. The van der Waals surface area contributed by atoms with Crippen molar-refractivity contribution in [3.05, 3.63) is 59.7 Å². The number of hydrogen-bond acceptors (Lipinski definition) is 3. The zero-order valence-electron chi connectivity index (χ0n) is 15.7. The molecule has 0 fully saturated rings. The number of carbonyl (C=O) groups excluding carboxylic acids is 2. The van der Waals surface area contributed by atoms with Crippen LogP contribution < -0.4 is 15.4 Å². The van der Waals surface area contributed by atoms with Gasteiger partial charge in [0.2, 0.25) is 0 Å². The van der Waals surface area contributed by atoms with E-state index in [0.29, 0.717) is 22.9 Å². The summed E-state index contributed by atoms with van der Waals surface area (Å²) < 4.78 is 5.50. The Morgan fingerprint density at radius 2 is 1.54 bits per heavy atom. The third-order valence-electron chi connectivity index (χ3n) is 3.77. The number of amides is 2. The van der Waals surface area contributed by atoms with Gasteiger partial charge in [0.25, 0.3) is 11.8 Å². The molecule has 2 amide bonds. The first-order chi connectivity index (χ1) is 12.3. The van der Waals surface area contributed by atoms with Crippen molar-refractivity contribution in [2.75, 3.05) is 11.9 Å². The molecular formula is C21H26N2O3. The smallest absolute Gasteiger partial charge is 0.262 e. The molecule has 0 saturated heterocycles. The van der Waals surface area contributed by atoms with E-state index in [1.807, 2.05) is 38.1 Å². The van der Waals surface area contributed by atoms with Gasteiger partial charge in [-0.2, -0.15) is 0 Å². The highest BCUT2D eigenvalue weighted by atomic mass is 16.5. The van der Waals surface area contributed by atoms with Crippen LogP contribution in [-0.4, -0.2) is 24.5 Å². The van der Waals surface area contributed by atoms with Gasteiger partial charge in [-0.15, -0.1) is 0 Å². The van der Waals surface area contributed by atoms with Crippen molar-refractivity contribution in [1.29, 1.82) is 0 Å². The first-order valence-corrected chi connectivity index (χ1v) is 8.78. The number of carbonyl (C=O) groups is 2. The van der Waals surface area contributed by atoms with Gasteiger partial charge < -0.3 is 15.4 Å². The highest BCUT2D eigenvalue weighted by molar-refractivity contribution is 5.96. The number of benzene rings is 2. The molecule has 0 radical (unpaired) electrons. The fourth-order valence-corrected chi connectivity index (χ4v) is 2.35. The molecule has 2 aromatic rings. The molecule has 2 aromatic carbocycles. The molecule has 0 heterocycles. The minimum Gasteiger partial charge on any atom is -0.484 e. The van der Waals surface area contributed by atoms with Gasteiger partial charge in [-0.05, 0) is 61.7 Å². The fourth-order valence-electron chi connectivity index (χ4n) is 2.35. The lowest BCUT2D eigenvalue weighted by Gasteiger charge is -2.10. The second kappa shape index (κ2) is 9.04. The van der Waals surface area contributed by atoms with Crippen molar-refractivity contribution in [2.45, 2.75) is 39.7 Å². The molecule has 0 spiro atoms. The van der Waals surface area contributed by atoms with Crippen LogP contribution in [0.5, 0.6) is 5.75 Å². The van der Waals surface area contributed by atoms with Crippen molar-refractivity contribution in [1.82, 2.24) is 5.32 Å². The maximum Gasteiger partial charge on any atom is 0.262 e. The predicted molar refractivity (Wildman–Crippen MR) is 104 cm³/mol. The quantitative estimate of drug-likeness (QED) is 0.791. The maximum atomic E-state index is 12.0. The number of anilines is 1. The molecule has 0 aliphatic rings. The molecule has 2 N–H and O–H groups in total. The summed E-state index contributed by atoms with van der Waals surface area (Å²) in [5.41, 5.74) is 2.40. The van der Waals surface area contributed by atoms with Gasteiger partial charge >= 0.3 is 0 Å². The standard InChI is InChI=1S/C21H26N2O3/c1-14(2)16-7-11-19(12-8-16)26-13-20(24)23-18-9-5-17(6-10-18)21(25)22-15(3)4/h5-12,14-15H,13H2,1-4H3,(H,22,25)(H,23,24). The summed E-state index contributed by atoms with van der Waals surface area (Å²) in [5.74, 6) is 0.728. The Balaban J connectivity index is 1.84. The molecule has 0 aliphatic heterocycles. The second-order valence-corrected chi connectivity index (χ2v) is 6.77. The Morgan fingerprint density at radius 3 is 2.08 bits per heavy atom. The van der Waals surface area contributed by atoms with Crippen LogP contribution in [0.15, 0.2) is 48.5 Å². The summed E-state index contributed by atoms with van der Waals surface area (Å²) in [6, 6.07) is 14.6. The fraction of sp³-hybridized carbons (Fsp3) is 0.333. The van der Waals surface area contributed by atoms with Crippen molar-refractivity contribution < 1.29 is 14.3 Å². The third-order valence-corrected chi connectivity index (χ3v) is 3.77. The number of ether oxygens (including phenoxy) is 1. The Kier molecular flexibility index (Phi) is 6.78. The molecule has 0 aliphatic carbocycles. The monoisotopic (exact) mass is 354 g/mol. The third kappa shape index (κ3) is 5.92. The van der Waals surface area contributed by atoms with Crippen LogP contribution >= 0.6 is 0 Å². The van der Waals surface area contributed by atoms with Crippen LogP contribution in [0.1, 0.15) is 49.5 Å². The molecule has 0 atom stereocenters. The van der Waals surface area contributed by atoms with Crippen molar-refractivity contribution >= 4 is 17.5 Å². The summed E-state index contributed by atoms with van der Waals surface area (Å²) in [6.45, 7) is 7.99. The van der Waals surface area contributed by atoms with Gasteiger partial charge in [0.1, 0.15) is 5.75 Å². The zero-order valence-corrected chi connectivity index (χ0v) is 15.7. The largest absolute Gasteiger partial charge is 0.484 e. The highest BCUT2D eigenvalue weighted by Crippen LogP contribution is 2.18. The topological polar surface area (TPSA) is 67.4 Å². The zero-order chi connectivity index (χ0) is 19.1. The molecule has 0 saturated carbocycles. The lowest BCUT2D eigenvalue weighted by molar-refractivity contribution is -0.118. The summed E-state index contributed by atoms with van der Waals surface area (Å²) in [4.78, 5) is 23.9. The SMILES string of the molecule is CC(C)NC(=O)c1ccc(NC(=O)COc2ccc(C(C)C)cc2)cc1. The van der Waals surface area contributed by atoms with Gasteiger partial charge in [0, 0.05) is 17.3 Å². The number of nitrogens with one attached hydrogen (secondary N) is 2. The number of hydrogen-bond donors (Lipinski definition) is 2. The molecule has 0 aromatic heterocycles. The van der Waals surface area contributed by atoms with E-state index in [1.54, 1.807) is 24.3 Å². The van der Waals surface area contributed by atoms with Gasteiger partial charge in [-0.25, -0.2) is 0 Å². The minimum atomic E-state index is -0.252. The Morgan fingerprint density at radius 1 is 0.923 bits per heavy atom. The van der Waals surface area contributed by atoms with Crippen LogP contribution in [0, 0.1) is 0 Å². The lowest BCUT2D eigenvalue weighted by atomic mass is 10.0. The second-order valence-electron chi connectivity index (χ2n) is 6.77. The average Bonchev–Trinajstić information content (AvgIpc) is 2.60. The van der Waals surface area contributed by atoms with Crippen LogP contribution in [0.2, 0.25) is 0 Å². The van der Waals surface area contributed by atoms with Crippen LogP contribution in [-0.2, 0) is 4.79 Å². The molecule has 0 bridgehead atoms. The molecule has 0 unspecified atom stereocenters. The molecule has 138 valence electrons. The molecule has 5 nitrogen and oxygen atoms in total. The van der Waals surface area contributed by atoms with E-state index in [4.69, 9.17) is 4.74 Å². The molecule has 2 rings (SSSR count). The Bertz CT molecular complexity index is 735. The van der Waals surface area contributed by atoms with E-state index in [-0.39, 0.29) is 24.5 Å². The van der Waals surface area contributed by atoms with E-state index in [1.165, 1.54) is 5.56 Å². The van der Waals surface area contributed by atoms with Gasteiger partial charge in [0.05, 0.1) is 0 Å². The van der Waals surface area contributed by atoms with Crippen molar-refractivity contribution in [3.63, 3.8) is 0 Å². The normalized spacial score (nSPS) is 10.7. The van der Waals surface area contributed by atoms with E-state index < -0.39 is 0 Å².